The molecule has 14 nitrogen and oxygen atoms in total. The molecule has 0 spiro atoms. The molecule has 352 valence electrons. The van der Waals surface area contributed by atoms with Gasteiger partial charge >= 0.3 is 12.2 Å². The molecule has 2 aliphatic heterocycles. The number of hydrogen-bond acceptors (Lipinski definition) is 8. The number of alkyl carbamates (subject to hydrolysis) is 1. The molecular formula is C52H68N8O6. The number of ether oxygens (including phenoxy) is 2. The number of carbonyl (C=O) groups is 4. The highest BCUT2D eigenvalue weighted by atomic mass is 16.5. The molecule has 4 atom stereocenters. The smallest absolute Gasteiger partial charge is 0.407 e. The Kier molecular flexibility index (Phi) is 16.1. The van der Waals surface area contributed by atoms with Gasteiger partial charge in [0.1, 0.15) is 17.7 Å². The lowest BCUT2D eigenvalue weighted by molar-refractivity contribution is -0.135. The molecule has 2 aromatic heterocycles. The summed E-state index contributed by atoms with van der Waals surface area (Å²) in [6, 6.07) is 25.7. The first-order valence-electron chi connectivity index (χ1n) is 23.1. The fraction of sp³-hybridized carbons (Fsp3) is 0.462. The summed E-state index contributed by atoms with van der Waals surface area (Å²) < 4.78 is 8.68. The number of imidazole rings is 2. The summed E-state index contributed by atoms with van der Waals surface area (Å²) in [5.41, 5.74) is 13.4. The number of rotatable bonds is 13. The molecule has 4 amide bonds. The van der Waals surface area contributed by atoms with Gasteiger partial charge in [-0.25, -0.2) is 19.6 Å². The molecule has 14 heteroatoms. The topological polar surface area (TPSA) is 189 Å². The summed E-state index contributed by atoms with van der Waals surface area (Å²) in [6.07, 6.45) is 7.33. The van der Waals surface area contributed by atoms with Crippen LogP contribution in [0.4, 0.5) is 9.59 Å². The van der Waals surface area contributed by atoms with Gasteiger partial charge in [-0.2, -0.15) is 0 Å². The van der Waals surface area contributed by atoms with Gasteiger partial charge in [-0.05, 0) is 82.7 Å². The van der Waals surface area contributed by atoms with E-state index in [1.807, 2.05) is 36.0 Å². The lowest BCUT2D eigenvalue weighted by Crippen LogP contribution is -2.51. The van der Waals surface area contributed by atoms with Gasteiger partial charge in [0, 0.05) is 25.4 Å². The molecule has 0 aliphatic carbocycles. The SMILES string of the molecule is COC(=O)N[C@H](C(=O)N1CCC[C@H]1c1ncc(-c2ccc(CC(c3ccc(-c4cnc([C@@H]5CCCN5C(=O)CC(C)C)[nH]4)cc3)c3ccc(C(C)(C)C)cc3)cc2)[nH]1)C(C)C.COC(N)=O. The highest BCUT2D eigenvalue weighted by Gasteiger charge is 2.38. The van der Waals surface area contributed by atoms with Gasteiger partial charge in [-0.3, -0.25) is 9.59 Å². The van der Waals surface area contributed by atoms with Crippen LogP contribution in [-0.2, 0) is 30.9 Å². The van der Waals surface area contributed by atoms with Crippen LogP contribution in [0.1, 0.15) is 132 Å². The van der Waals surface area contributed by atoms with Crippen LogP contribution in [0.25, 0.3) is 22.5 Å². The van der Waals surface area contributed by atoms with E-state index < -0.39 is 18.2 Å². The van der Waals surface area contributed by atoms with Crippen LogP contribution in [0.5, 0.6) is 0 Å². The summed E-state index contributed by atoms with van der Waals surface area (Å²) in [6.45, 7) is 16.1. The highest BCUT2D eigenvalue weighted by Crippen LogP contribution is 2.36. The predicted molar refractivity (Wildman–Crippen MR) is 256 cm³/mol. The molecule has 0 radical (unpaired) electrons. The average molecular weight is 901 g/mol. The minimum absolute atomic E-state index is 0.00407. The zero-order valence-corrected chi connectivity index (χ0v) is 40.0. The number of nitrogens with zero attached hydrogens (tertiary/aromatic N) is 4. The van der Waals surface area contributed by atoms with E-state index in [0.717, 1.165) is 72.8 Å². The molecule has 3 aromatic carbocycles. The van der Waals surface area contributed by atoms with Crippen LogP contribution >= 0.6 is 0 Å². The van der Waals surface area contributed by atoms with Crippen LogP contribution < -0.4 is 11.1 Å². The molecule has 0 bridgehead atoms. The largest absolute Gasteiger partial charge is 0.453 e. The quantitative estimate of drug-likeness (QED) is 0.0899. The van der Waals surface area contributed by atoms with Gasteiger partial charge in [0.05, 0.1) is 50.1 Å². The third-order valence-corrected chi connectivity index (χ3v) is 12.6. The average Bonchev–Trinajstić information content (AvgIpc) is 4.14. The molecule has 5 aromatic rings. The maximum atomic E-state index is 13.7. The Balaban J connectivity index is 0.00000137. The van der Waals surface area contributed by atoms with E-state index in [1.54, 1.807) is 0 Å². The van der Waals surface area contributed by atoms with Crippen molar-refractivity contribution in [3.8, 4) is 22.5 Å². The van der Waals surface area contributed by atoms with Gasteiger partial charge in [0.15, 0.2) is 0 Å². The van der Waals surface area contributed by atoms with Crippen molar-refractivity contribution in [3.05, 3.63) is 119 Å². The number of hydrogen-bond donors (Lipinski definition) is 4. The molecule has 4 heterocycles. The molecule has 5 N–H and O–H groups in total. The van der Waals surface area contributed by atoms with Crippen molar-refractivity contribution in [2.75, 3.05) is 27.3 Å². The number of methoxy groups -OCH3 is 2. The van der Waals surface area contributed by atoms with Gasteiger partial charge in [0.25, 0.3) is 0 Å². The summed E-state index contributed by atoms with van der Waals surface area (Å²) in [7, 11) is 2.53. The summed E-state index contributed by atoms with van der Waals surface area (Å²) in [4.78, 5) is 68.5. The Morgan fingerprint density at radius 1 is 0.742 bits per heavy atom. The second kappa shape index (κ2) is 21.7. The Bertz CT molecular complexity index is 2400. The molecule has 2 saturated heterocycles. The maximum Gasteiger partial charge on any atom is 0.407 e. The first kappa shape index (κ1) is 49.0. The van der Waals surface area contributed by atoms with Crippen LogP contribution in [0, 0.1) is 11.8 Å². The Hall–Kier alpha value is -6.44. The van der Waals surface area contributed by atoms with Gasteiger partial charge in [-0.1, -0.05) is 121 Å². The number of aromatic amines is 2. The zero-order chi connectivity index (χ0) is 47.7. The summed E-state index contributed by atoms with van der Waals surface area (Å²) in [5, 5.41) is 2.72. The Labute approximate surface area is 389 Å². The van der Waals surface area contributed by atoms with Crippen LogP contribution in [0.15, 0.2) is 85.2 Å². The fourth-order valence-corrected chi connectivity index (χ4v) is 8.91. The number of nitrogens with two attached hydrogens (primary N) is 1. The molecule has 1 unspecified atom stereocenters. The monoisotopic (exact) mass is 901 g/mol. The summed E-state index contributed by atoms with van der Waals surface area (Å²) >= 11 is 0. The number of likely N-dealkylation sites (tertiary alicyclic amines) is 2. The Morgan fingerprint density at radius 3 is 1.70 bits per heavy atom. The van der Waals surface area contributed by atoms with Crippen molar-refractivity contribution in [2.45, 2.75) is 116 Å². The number of amides is 4. The second-order valence-electron chi connectivity index (χ2n) is 19.2. The number of aromatic nitrogens is 4. The van der Waals surface area contributed by atoms with Crippen molar-refractivity contribution in [1.29, 1.82) is 0 Å². The minimum atomic E-state index is -0.745. The van der Waals surface area contributed by atoms with Gasteiger partial charge in [-0.15, -0.1) is 0 Å². The van der Waals surface area contributed by atoms with Crippen LogP contribution in [0.3, 0.4) is 0 Å². The van der Waals surface area contributed by atoms with E-state index in [2.05, 4.69) is 133 Å². The normalized spacial score (nSPS) is 17.0. The van der Waals surface area contributed by atoms with E-state index in [1.165, 1.54) is 36.5 Å². The minimum Gasteiger partial charge on any atom is -0.453 e. The number of benzene rings is 3. The molecule has 2 fully saturated rings. The zero-order valence-electron chi connectivity index (χ0n) is 40.0. The third kappa shape index (κ3) is 12.1. The molecular weight excluding hydrogens is 833 g/mol. The Morgan fingerprint density at radius 2 is 1.23 bits per heavy atom. The van der Waals surface area contributed by atoms with E-state index in [4.69, 9.17) is 14.7 Å². The van der Waals surface area contributed by atoms with Crippen LogP contribution in [0.2, 0.25) is 0 Å². The molecule has 7 rings (SSSR count). The lowest BCUT2D eigenvalue weighted by Gasteiger charge is -2.30. The van der Waals surface area contributed by atoms with E-state index in [0.29, 0.717) is 18.9 Å². The third-order valence-electron chi connectivity index (χ3n) is 12.6. The first-order valence-corrected chi connectivity index (χ1v) is 23.1. The summed E-state index contributed by atoms with van der Waals surface area (Å²) in [5.74, 6) is 2.04. The van der Waals surface area contributed by atoms with Crippen LogP contribution in [-0.4, -0.2) is 87.1 Å². The number of nitrogens with one attached hydrogen (secondary N) is 3. The van der Waals surface area contributed by atoms with E-state index in [-0.39, 0.29) is 41.1 Å². The molecule has 66 heavy (non-hydrogen) atoms. The van der Waals surface area contributed by atoms with E-state index in [9.17, 15) is 19.2 Å². The molecule has 0 saturated carbocycles. The highest BCUT2D eigenvalue weighted by molar-refractivity contribution is 5.86. The second-order valence-corrected chi connectivity index (χ2v) is 19.2. The van der Waals surface area contributed by atoms with Crippen molar-refractivity contribution in [3.63, 3.8) is 0 Å². The van der Waals surface area contributed by atoms with Crippen molar-refractivity contribution in [1.82, 2.24) is 35.1 Å². The van der Waals surface area contributed by atoms with Gasteiger partial charge in [0.2, 0.25) is 11.8 Å². The van der Waals surface area contributed by atoms with E-state index >= 15 is 0 Å². The predicted octanol–water partition coefficient (Wildman–Crippen LogP) is 9.60. The van der Waals surface area contributed by atoms with Gasteiger partial charge < -0.3 is 40.3 Å². The number of H-pyrrole nitrogens is 2. The lowest BCUT2D eigenvalue weighted by atomic mass is 9.82. The number of primary amides is 1. The van der Waals surface area contributed by atoms with Crippen molar-refractivity contribution >= 4 is 24.0 Å². The maximum absolute atomic E-state index is 13.7. The fourth-order valence-electron chi connectivity index (χ4n) is 8.91. The van der Waals surface area contributed by atoms with Crippen molar-refractivity contribution < 1.29 is 28.7 Å². The standard InChI is InChI=1S/C50H63N7O4.C2H5NO2/c1-31(2)27-44(58)56-25-9-11-42(56)46-51-30-41(53-46)37-19-17-34(18-20-37)39(35-21-23-38(24-22-35)50(5,6)7)28-33-13-15-36(16-14-33)40-29-52-47(54-40)43-12-10-26-57(43)48(59)45(32(3)4)55-49(60)61-8;1-5-2(3)4/h13-24,29-32,39,42-43,45H,9-12,25-28H2,1-8H3,(H,51,53)(H,52,54)(H,55,60);1H3,(H2,3,4)/t39?,42-,43-,45-;/m0./s1. The number of carbonyl (C=O) groups excluding carboxylic acids is 4. The first-order chi connectivity index (χ1) is 31.5. The van der Waals surface area contributed by atoms with Crippen molar-refractivity contribution in [2.24, 2.45) is 17.6 Å². The molecule has 2 aliphatic rings.